The Morgan fingerprint density at radius 2 is 2.24 bits per heavy atom. The van der Waals surface area contributed by atoms with Gasteiger partial charge in [0.2, 0.25) is 0 Å². The standard InChI is InChI=1S/C10H13ClN2O4/c1-10(2,5-6-11)12-9(14)7-3-4-8(17-7)13(15)16/h3-4H,5-6H2,1-2H3,(H,12,14). The number of furan rings is 1. The van der Waals surface area contributed by atoms with E-state index in [0.29, 0.717) is 12.3 Å². The summed E-state index contributed by atoms with van der Waals surface area (Å²) in [5.41, 5.74) is -0.486. The number of halogens is 1. The second-order valence-electron chi connectivity index (χ2n) is 4.17. The molecule has 94 valence electrons. The van der Waals surface area contributed by atoms with E-state index in [1.54, 1.807) is 0 Å². The van der Waals surface area contributed by atoms with E-state index in [1.165, 1.54) is 6.07 Å². The summed E-state index contributed by atoms with van der Waals surface area (Å²) in [6.45, 7) is 3.62. The molecule has 0 bridgehead atoms. The number of nitrogens with zero attached hydrogens (tertiary/aromatic N) is 1. The first-order chi connectivity index (χ1) is 7.85. The zero-order valence-corrected chi connectivity index (χ0v) is 10.3. The van der Waals surface area contributed by atoms with E-state index in [9.17, 15) is 14.9 Å². The molecule has 0 atom stereocenters. The molecule has 17 heavy (non-hydrogen) atoms. The van der Waals surface area contributed by atoms with E-state index < -0.39 is 22.3 Å². The molecule has 0 aromatic carbocycles. The Hall–Kier alpha value is -1.56. The quantitative estimate of drug-likeness (QED) is 0.500. The van der Waals surface area contributed by atoms with Gasteiger partial charge in [0, 0.05) is 11.4 Å². The molecule has 1 amide bonds. The van der Waals surface area contributed by atoms with Gasteiger partial charge in [-0.1, -0.05) is 0 Å². The van der Waals surface area contributed by atoms with Gasteiger partial charge in [-0.2, -0.15) is 0 Å². The minimum absolute atomic E-state index is 0.0839. The number of hydrogen-bond donors (Lipinski definition) is 1. The van der Waals surface area contributed by atoms with Crippen molar-refractivity contribution in [3.63, 3.8) is 0 Å². The van der Waals surface area contributed by atoms with E-state index in [2.05, 4.69) is 5.32 Å². The van der Waals surface area contributed by atoms with Crippen molar-refractivity contribution >= 4 is 23.4 Å². The van der Waals surface area contributed by atoms with E-state index in [-0.39, 0.29) is 5.76 Å². The Kier molecular flexibility index (Phi) is 4.11. The molecule has 1 heterocycles. The minimum atomic E-state index is -0.694. The van der Waals surface area contributed by atoms with Crippen LogP contribution in [0.2, 0.25) is 0 Å². The summed E-state index contributed by atoms with van der Waals surface area (Å²) >= 11 is 5.60. The summed E-state index contributed by atoms with van der Waals surface area (Å²) in [5.74, 6) is -0.621. The van der Waals surface area contributed by atoms with Gasteiger partial charge in [0.15, 0.2) is 5.76 Å². The van der Waals surface area contributed by atoms with Crippen LogP contribution in [0.1, 0.15) is 30.8 Å². The zero-order chi connectivity index (χ0) is 13.1. The summed E-state index contributed by atoms with van der Waals surface area (Å²) in [5, 5.41) is 13.1. The molecule has 6 nitrogen and oxygen atoms in total. The van der Waals surface area contributed by atoms with Crippen molar-refractivity contribution in [3.8, 4) is 0 Å². The SMILES string of the molecule is CC(C)(CCCl)NC(=O)c1ccc([N+](=O)[O-])o1. The first-order valence-electron chi connectivity index (χ1n) is 4.98. The summed E-state index contributed by atoms with van der Waals surface area (Å²) in [7, 11) is 0. The van der Waals surface area contributed by atoms with Crippen LogP contribution < -0.4 is 5.32 Å². The monoisotopic (exact) mass is 260 g/mol. The first kappa shape index (κ1) is 13.5. The predicted molar refractivity (Wildman–Crippen MR) is 62.2 cm³/mol. The number of carbonyl (C=O) groups is 1. The fraction of sp³-hybridized carbons (Fsp3) is 0.500. The van der Waals surface area contributed by atoms with E-state index in [1.807, 2.05) is 13.8 Å². The Balaban J connectivity index is 2.73. The first-order valence-corrected chi connectivity index (χ1v) is 5.52. The normalized spacial score (nSPS) is 11.2. The lowest BCUT2D eigenvalue weighted by Crippen LogP contribution is -2.43. The number of alkyl halides is 1. The highest BCUT2D eigenvalue weighted by Gasteiger charge is 2.23. The van der Waals surface area contributed by atoms with Crippen molar-refractivity contribution in [2.24, 2.45) is 0 Å². The number of carbonyl (C=O) groups excluding carboxylic acids is 1. The Morgan fingerprint density at radius 1 is 1.59 bits per heavy atom. The molecule has 1 N–H and O–H groups in total. The second kappa shape index (κ2) is 5.18. The molecule has 0 spiro atoms. The number of amides is 1. The third-order valence-electron chi connectivity index (χ3n) is 2.17. The van der Waals surface area contributed by atoms with E-state index >= 15 is 0 Å². The largest absolute Gasteiger partial charge is 0.433 e. The molecular formula is C10H13ClN2O4. The highest BCUT2D eigenvalue weighted by atomic mass is 35.5. The van der Waals surface area contributed by atoms with Gasteiger partial charge in [0.05, 0.1) is 6.07 Å². The average molecular weight is 261 g/mol. The van der Waals surface area contributed by atoms with Gasteiger partial charge < -0.3 is 9.73 Å². The molecule has 0 saturated carbocycles. The summed E-state index contributed by atoms with van der Waals surface area (Å²) in [6, 6.07) is 2.41. The molecule has 0 saturated heterocycles. The lowest BCUT2D eigenvalue weighted by atomic mass is 10.0. The Bertz CT molecular complexity index is 428. The van der Waals surface area contributed by atoms with Crippen LogP contribution >= 0.6 is 11.6 Å². The summed E-state index contributed by atoms with van der Waals surface area (Å²) in [6.07, 6.45) is 0.586. The third kappa shape index (κ3) is 3.74. The maximum absolute atomic E-state index is 11.7. The highest BCUT2D eigenvalue weighted by Crippen LogP contribution is 2.17. The van der Waals surface area contributed by atoms with Gasteiger partial charge in [-0.25, -0.2) is 0 Å². The Labute approximate surface area is 103 Å². The van der Waals surface area contributed by atoms with Gasteiger partial charge in [-0.3, -0.25) is 14.9 Å². The molecule has 0 aliphatic carbocycles. The molecule has 0 radical (unpaired) electrons. The number of rotatable bonds is 5. The molecule has 0 fully saturated rings. The van der Waals surface area contributed by atoms with E-state index in [4.69, 9.17) is 16.0 Å². The van der Waals surface area contributed by atoms with Crippen molar-refractivity contribution in [2.45, 2.75) is 25.8 Å². The van der Waals surface area contributed by atoms with Gasteiger partial charge in [-0.05, 0) is 26.3 Å². The molecule has 0 unspecified atom stereocenters. The lowest BCUT2D eigenvalue weighted by molar-refractivity contribution is -0.402. The highest BCUT2D eigenvalue weighted by molar-refractivity contribution is 6.17. The van der Waals surface area contributed by atoms with Gasteiger partial charge in [-0.15, -0.1) is 11.6 Å². The molecular weight excluding hydrogens is 248 g/mol. The predicted octanol–water partition coefficient (Wildman–Crippen LogP) is 2.33. The minimum Gasteiger partial charge on any atom is -0.395 e. The smallest absolute Gasteiger partial charge is 0.395 e. The van der Waals surface area contributed by atoms with Crippen molar-refractivity contribution in [3.05, 3.63) is 28.0 Å². The summed E-state index contributed by atoms with van der Waals surface area (Å²) < 4.78 is 4.79. The van der Waals surface area contributed by atoms with Crippen molar-refractivity contribution < 1.29 is 14.1 Å². The third-order valence-corrected chi connectivity index (χ3v) is 2.36. The van der Waals surface area contributed by atoms with Gasteiger partial charge in [0.25, 0.3) is 5.91 Å². The molecule has 0 aliphatic heterocycles. The molecule has 7 heteroatoms. The molecule has 1 rings (SSSR count). The molecule has 1 aromatic rings. The van der Waals surface area contributed by atoms with Gasteiger partial charge in [0.1, 0.15) is 4.92 Å². The van der Waals surface area contributed by atoms with Crippen LogP contribution in [0.5, 0.6) is 0 Å². The zero-order valence-electron chi connectivity index (χ0n) is 9.53. The van der Waals surface area contributed by atoms with Gasteiger partial charge >= 0.3 is 5.88 Å². The van der Waals surface area contributed by atoms with Crippen LogP contribution in [0.15, 0.2) is 16.5 Å². The van der Waals surface area contributed by atoms with Crippen molar-refractivity contribution in [1.82, 2.24) is 5.32 Å². The van der Waals surface area contributed by atoms with Crippen LogP contribution in [-0.4, -0.2) is 22.2 Å². The Morgan fingerprint density at radius 3 is 2.71 bits per heavy atom. The summed E-state index contributed by atoms with van der Waals surface area (Å²) in [4.78, 5) is 21.4. The maximum Gasteiger partial charge on any atom is 0.433 e. The molecule has 0 aliphatic rings. The average Bonchev–Trinajstić information content (AvgIpc) is 2.64. The lowest BCUT2D eigenvalue weighted by Gasteiger charge is -2.24. The van der Waals surface area contributed by atoms with Crippen LogP contribution in [0, 0.1) is 10.1 Å². The van der Waals surface area contributed by atoms with Crippen LogP contribution in [0.3, 0.4) is 0 Å². The van der Waals surface area contributed by atoms with Crippen LogP contribution in [-0.2, 0) is 0 Å². The molecule has 1 aromatic heterocycles. The van der Waals surface area contributed by atoms with Crippen LogP contribution in [0.4, 0.5) is 5.88 Å². The van der Waals surface area contributed by atoms with Crippen molar-refractivity contribution in [1.29, 1.82) is 0 Å². The fourth-order valence-electron chi connectivity index (χ4n) is 1.22. The second-order valence-corrected chi connectivity index (χ2v) is 4.55. The van der Waals surface area contributed by atoms with E-state index in [0.717, 1.165) is 6.07 Å². The van der Waals surface area contributed by atoms with Crippen molar-refractivity contribution in [2.75, 3.05) is 5.88 Å². The number of hydrogen-bond acceptors (Lipinski definition) is 4. The maximum atomic E-state index is 11.7. The number of nitrogens with one attached hydrogen (secondary N) is 1. The topological polar surface area (TPSA) is 85.4 Å². The van der Waals surface area contributed by atoms with Crippen LogP contribution in [0.25, 0.3) is 0 Å². The fourth-order valence-corrected chi connectivity index (χ4v) is 1.69. The number of nitro groups is 1.